The minimum absolute atomic E-state index is 0.0518. The zero-order chi connectivity index (χ0) is 17.1. The molecule has 126 valence electrons. The molecule has 24 heavy (non-hydrogen) atoms. The third kappa shape index (κ3) is 3.40. The van der Waals surface area contributed by atoms with Gasteiger partial charge in [-0.1, -0.05) is 6.07 Å². The van der Waals surface area contributed by atoms with Gasteiger partial charge in [0.15, 0.2) is 5.69 Å². The molecule has 0 atom stereocenters. The Hall–Kier alpha value is -2.42. The Bertz CT molecular complexity index is 750. The number of hydrogen-bond donors (Lipinski definition) is 1. The van der Waals surface area contributed by atoms with Gasteiger partial charge in [0.1, 0.15) is 5.82 Å². The number of ether oxygens (including phenoxy) is 1. The summed E-state index contributed by atoms with van der Waals surface area (Å²) in [6.45, 7) is 2.84. The first kappa shape index (κ1) is 16.4. The standard InChI is InChI=1S/C15H16BrN5O3/c1-24-13-10(16)9-17-15(19-13)21-7-5-20(6-8-21)12-4-2-3-11(18-12)14(22)23/h2-4,9H,5-8H2,1H3,(H,22,23). The maximum absolute atomic E-state index is 11.0. The molecule has 1 saturated heterocycles. The third-order valence-electron chi connectivity index (χ3n) is 3.73. The molecule has 0 unspecified atom stereocenters. The van der Waals surface area contributed by atoms with Gasteiger partial charge < -0.3 is 19.6 Å². The van der Waals surface area contributed by atoms with Crippen LogP contribution in [-0.4, -0.2) is 59.3 Å². The highest BCUT2D eigenvalue weighted by Crippen LogP contribution is 2.24. The minimum Gasteiger partial charge on any atom is -0.480 e. The molecule has 1 aliphatic heterocycles. The summed E-state index contributed by atoms with van der Waals surface area (Å²) in [5.41, 5.74) is 0.0518. The molecule has 0 aromatic carbocycles. The first-order chi connectivity index (χ1) is 11.6. The van der Waals surface area contributed by atoms with Gasteiger partial charge in [-0.05, 0) is 28.1 Å². The van der Waals surface area contributed by atoms with E-state index in [9.17, 15) is 4.79 Å². The van der Waals surface area contributed by atoms with Gasteiger partial charge in [0.2, 0.25) is 11.8 Å². The number of carboxylic acids is 1. The number of pyridine rings is 1. The van der Waals surface area contributed by atoms with E-state index in [0.29, 0.717) is 48.3 Å². The fourth-order valence-electron chi connectivity index (χ4n) is 2.49. The molecule has 9 heteroatoms. The number of halogens is 1. The highest BCUT2D eigenvalue weighted by molar-refractivity contribution is 9.10. The average Bonchev–Trinajstić information content (AvgIpc) is 2.62. The molecule has 0 amide bonds. The minimum atomic E-state index is -1.02. The lowest BCUT2D eigenvalue weighted by Gasteiger charge is -2.35. The van der Waals surface area contributed by atoms with Crippen LogP contribution in [0.25, 0.3) is 0 Å². The van der Waals surface area contributed by atoms with Crippen LogP contribution >= 0.6 is 15.9 Å². The van der Waals surface area contributed by atoms with Gasteiger partial charge in [-0.2, -0.15) is 4.98 Å². The van der Waals surface area contributed by atoms with Crippen LogP contribution in [0.2, 0.25) is 0 Å². The number of carbonyl (C=O) groups is 1. The van der Waals surface area contributed by atoms with Crippen molar-refractivity contribution in [2.45, 2.75) is 0 Å². The molecule has 8 nitrogen and oxygen atoms in total. The van der Waals surface area contributed by atoms with E-state index in [-0.39, 0.29) is 5.69 Å². The largest absolute Gasteiger partial charge is 0.480 e. The molecule has 0 spiro atoms. The van der Waals surface area contributed by atoms with Crippen LogP contribution in [0.5, 0.6) is 5.88 Å². The summed E-state index contributed by atoms with van der Waals surface area (Å²) in [4.78, 5) is 28.0. The molecule has 1 N–H and O–H groups in total. The van der Waals surface area contributed by atoms with E-state index < -0.39 is 5.97 Å². The summed E-state index contributed by atoms with van der Waals surface area (Å²) in [7, 11) is 1.57. The zero-order valence-corrected chi connectivity index (χ0v) is 14.6. The van der Waals surface area contributed by atoms with Gasteiger partial charge >= 0.3 is 5.97 Å². The van der Waals surface area contributed by atoms with Crippen LogP contribution in [0.4, 0.5) is 11.8 Å². The molecule has 0 radical (unpaired) electrons. The lowest BCUT2D eigenvalue weighted by Crippen LogP contribution is -2.47. The highest BCUT2D eigenvalue weighted by atomic mass is 79.9. The number of carboxylic acid groups (broad SMARTS) is 1. The van der Waals surface area contributed by atoms with Gasteiger partial charge in [-0.25, -0.2) is 14.8 Å². The van der Waals surface area contributed by atoms with Gasteiger partial charge in [0, 0.05) is 26.2 Å². The smallest absolute Gasteiger partial charge is 0.354 e. The van der Waals surface area contributed by atoms with Crippen LogP contribution in [0.15, 0.2) is 28.9 Å². The fourth-order valence-corrected chi connectivity index (χ4v) is 2.85. The molecular weight excluding hydrogens is 378 g/mol. The average molecular weight is 394 g/mol. The van der Waals surface area contributed by atoms with Gasteiger partial charge in [-0.3, -0.25) is 0 Å². The molecule has 3 heterocycles. The second-order valence-corrected chi connectivity index (χ2v) is 6.04. The van der Waals surface area contributed by atoms with Crippen LogP contribution in [0, 0.1) is 0 Å². The molecule has 0 saturated carbocycles. The lowest BCUT2D eigenvalue weighted by atomic mass is 10.3. The molecule has 2 aromatic heterocycles. The second-order valence-electron chi connectivity index (χ2n) is 5.19. The molecule has 0 bridgehead atoms. The second kappa shape index (κ2) is 7.00. The Kier molecular flexibility index (Phi) is 4.79. The lowest BCUT2D eigenvalue weighted by molar-refractivity contribution is 0.0690. The number of aromatic carboxylic acids is 1. The van der Waals surface area contributed by atoms with Crippen molar-refractivity contribution < 1.29 is 14.6 Å². The summed E-state index contributed by atoms with van der Waals surface area (Å²) < 4.78 is 5.91. The Labute approximate surface area is 147 Å². The van der Waals surface area contributed by atoms with Gasteiger partial charge in [-0.15, -0.1) is 0 Å². The quantitative estimate of drug-likeness (QED) is 0.838. The SMILES string of the molecule is COc1nc(N2CCN(c3cccc(C(=O)O)n3)CC2)ncc1Br. The number of nitrogens with zero attached hydrogens (tertiary/aromatic N) is 5. The predicted molar refractivity (Wildman–Crippen MR) is 91.9 cm³/mol. The van der Waals surface area contributed by atoms with Crippen molar-refractivity contribution >= 4 is 33.7 Å². The maximum atomic E-state index is 11.0. The van der Waals surface area contributed by atoms with E-state index >= 15 is 0 Å². The maximum Gasteiger partial charge on any atom is 0.354 e. The number of aromatic nitrogens is 3. The van der Waals surface area contributed by atoms with E-state index in [1.807, 2.05) is 6.07 Å². The molecule has 1 aliphatic rings. The number of anilines is 2. The monoisotopic (exact) mass is 393 g/mol. The van der Waals surface area contributed by atoms with Crippen LogP contribution in [0.3, 0.4) is 0 Å². The number of hydrogen-bond acceptors (Lipinski definition) is 7. The number of rotatable bonds is 4. The van der Waals surface area contributed by atoms with Crippen LogP contribution < -0.4 is 14.5 Å². The fraction of sp³-hybridized carbons (Fsp3) is 0.333. The normalized spacial score (nSPS) is 14.6. The first-order valence-electron chi connectivity index (χ1n) is 7.35. The molecule has 1 fully saturated rings. The van der Waals surface area contributed by atoms with Gasteiger partial charge in [0.25, 0.3) is 0 Å². The third-order valence-corrected chi connectivity index (χ3v) is 4.28. The van der Waals surface area contributed by atoms with E-state index in [1.165, 1.54) is 6.07 Å². The Balaban J connectivity index is 1.70. The van der Waals surface area contributed by atoms with E-state index in [0.717, 1.165) is 0 Å². The number of piperazine rings is 1. The van der Waals surface area contributed by atoms with Crippen molar-refractivity contribution in [3.05, 3.63) is 34.6 Å². The van der Waals surface area contributed by atoms with Crippen molar-refractivity contribution in [2.24, 2.45) is 0 Å². The first-order valence-corrected chi connectivity index (χ1v) is 8.14. The van der Waals surface area contributed by atoms with Crippen molar-refractivity contribution in [1.29, 1.82) is 0 Å². The van der Waals surface area contributed by atoms with E-state index in [2.05, 4.69) is 40.7 Å². The number of methoxy groups -OCH3 is 1. The van der Waals surface area contributed by atoms with Gasteiger partial charge in [0.05, 0.1) is 17.8 Å². The Morgan fingerprint density at radius 3 is 2.58 bits per heavy atom. The predicted octanol–water partition coefficient (Wildman–Crippen LogP) is 1.67. The van der Waals surface area contributed by atoms with E-state index in [1.54, 1.807) is 19.4 Å². The van der Waals surface area contributed by atoms with Crippen molar-refractivity contribution in [3.8, 4) is 5.88 Å². The molecule has 2 aromatic rings. The molecular formula is C15H16BrN5O3. The summed E-state index contributed by atoms with van der Waals surface area (Å²) in [5.74, 6) is 0.759. The highest BCUT2D eigenvalue weighted by Gasteiger charge is 2.21. The van der Waals surface area contributed by atoms with Crippen LogP contribution in [0.1, 0.15) is 10.5 Å². The summed E-state index contributed by atoms with van der Waals surface area (Å²) in [5, 5.41) is 9.05. The summed E-state index contributed by atoms with van der Waals surface area (Å²) in [6.07, 6.45) is 1.67. The summed E-state index contributed by atoms with van der Waals surface area (Å²) in [6, 6.07) is 5.02. The van der Waals surface area contributed by atoms with Crippen molar-refractivity contribution in [3.63, 3.8) is 0 Å². The van der Waals surface area contributed by atoms with Crippen LogP contribution in [-0.2, 0) is 0 Å². The van der Waals surface area contributed by atoms with Crippen molar-refractivity contribution in [1.82, 2.24) is 15.0 Å². The Morgan fingerprint density at radius 2 is 1.92 bits per heavy atom. The summed E-state index contributed by atoms with van der Waals surface area (Å²) >= 11 is 3.34. The Morgan fingerprint density at radius 1 is 1.21 bits per heavy atom. The van der Waals surface area contributed by atoms with E-state index in [4.69, 9.17) is 9.84 Å². The zero-order valence-electron chi connectivity index (χ0n) is 13.0. The van der Waals surface area contributed by atoms with Crippen molar-refractivity contribution in [2.75, 3.05) is 43.1 Å². The molecule has 0 aliphatic carbocycles. The topological polar surface area (TPSA) is 91.7 Å². The molecule has 3 rings (SSSR count).